The van der Waals surface area contributed by atoms with E-state index in [1.54, 1.807) is 88.6 Å². The van der Waals surface area contributed by atoms with Gasteiger partial charge in [0.15, 0.2) is 11.9 Å². The van der Waals surface area contributed by atoms with Crippen LogP contribution in [0, 0.1) is 5.82 Å². The Bertz CT molecular complexity index is 1740. The Balaban J connectivity index is 1.17. The van der Waals surface area contributed by atoms with Gasteiger partial charge in [-0.15, -0.1) is 0 Å². The van der Waals surface area contributed by atoms with Gasteiger partial charge in [-0.1, -0.05) is 36.4 Å². The van der Waals surface area contributed by atoms with E-state index in [2.05, 4.69) is 9.62 Å². The average Bonchev–Trinajstić information content (AvgIpc) is 3.00. The number of nitrogens with one attached hydrogen (secondary N) is 1. The number of nitrogens with zero attached hydrogens (tertiary/aromatic N) is 3. The number of sulfonamides is 1. The molecule has 11 heteroatoms. The van der Waals surface area contributed by atoms with E-state index < -0.39 is 21.7 Å². The molecule has 1 saturated heterocycles. The number of pyridine rings is 1. The van der Waals surface area contributed by atoms with E-state index >= 15 is 4.39 Å². The van der Waals surface area contributed by atoms with E-state index in [1.807, 2.05) is 6.92 Å². The van der Waals surface area contributed by atoms with E-state index in [0.29, 0.717) is 49.4 Å². The van der Waals surface area contributed by atoms with Gasteiger partial charge in [0, 0.05) is 54.6 Å². The SMILES string of the molecule is CC[n+]1cc(O)cc(-c2ccc(C(=O)N3CCN(c4ccc(C(=O)NS(=O)(=O)Cc5ccccc5)cc4)CC3)cc2F)c1. The van der Waals surface area contributed by atoms with Crippen molar-refractivity contribution >= 4 is 27.5 Å². The van der Waals surface area contributed by atoms with Crippen LogP contribution in [0.1, 0.15) is 33.2 Å². The summed E-state index contributed by atoms with van der Waals surface area (Å²) in [5.74, 6) is -1.79. The van der Waals surface area contributed by atoms with Crippen molar-refractivity contribution in [1.82, 2.24) is 9.62 Å². The molecule has 0 spiro atoms. The molecule has 0 unspecified atom stereocenters. The molecule has 0 atom stereocenters. The highest BCUT2D eigenvalue weighted by atomic mass is 32.2. The zero-order chi connectivity index (χ0) is 30.6. The van der Waals surface area contributed by atoms with Crippen LogP contribution in [-0.4, -0.2) is 56.4 Å². The van der Waals surface area contributed by atoms with Gasteiger partial charge >= 0.3 is 0 Å². The number of hydrogen-bond acceptors (Lipinski definition) is 6. The molecule has 1 fully saturated rings. The Hall–Kier alpha value is -4.77. The summed E-state index contributed by atoms with van der Waals surface area (Å²) < 4.78 is 43.8. The fourth-order valence-corrected chi connectivity index (χ4v) is 6.14. The molecule has 1 aliphatic heterocycles. The number of aryl methyl sites for hydroxylation is 1. The van der Waals surface area contributed by atoms with Crippen LogP contribution in [0.25, 0.3) is 11.1 Å². The van der Waals surface area contributed by atoms with E-state index in [1.165, 1.54) is 12.1 Å². The first kappa shape index (κ1) is 29.7. The maximum Gasteiger partial charge on any atom is 0.264 e. The lowest BCUT2D eigenvalue weighted by Crippen LogP contribution is -2.48. The Morgan fingerprint density at radius 3 is 2.23 bits per heavy atom. The lowest BCUT2D eigenvalue weighted by atomic mass is 10.0. The summed E-state index contributed by atoms with van der Waals surface area (Å²) in [6.07, 6.45) is 3.30. The van der Waals surface area contributed by atoms with Crippen LogP contribution < -0.4 is 14.2 Å². The van der Waals surface area contributed by atoms with Gasteiger partial charge in [-0.25, -0.2) is 22.1 Å². The second-order valence-corrected chi connectivity index (χ2v) is 12.0. The molecule has 0 aliphatic carbocycles. The monoisotopic (exact) mass is 603 g/mol. The Morgan fingerprint density at radius 2 is 1.58 bits per heavy atom. The molecule has 2 N–H and O–H groups in total. The van der Waals surface area contributed by atoms with Gasteiger partial charge in [0.05, 0.1) is 11.3 Å². The number of aromatic hydroxyl groups is 1. The molecule has 9 nitrogen and oxygen atoms in total. The number of amides is 2. The van der Waals surface area contributed by atoms with Crippen LogP contribution in [-0.2, 0) is 22.3 Å². The average molecular weight is 604 g/mol. The number of aromatic nitrogens is 1. The van der Waals surface area contributed by atoms with Gasteiger partial charge in [0.2, 0.25) is 16.2 Å². The number of carbonyl (C=O) groups is 2. The minimum Gasteiger partial charge on any atom is -0.503 e. The third-order valence-electron chi connectivity index (χ3n) is 7.31. The van der Waals surface area contributed by atoms with Crippen molar-refractivity contribution in [2.45, 2.75) is 19.2 Å². The summed E-state index contributed by atoms with van der Waals surface area (Å²) in [4.78, 5) is 29.5. The third-order valence-corrected chi connectivity index (χ3v) is 8.52. The largest absolute Gasteiger partial charge is 0.503 e. The van der Waals surface area contributed by atoms with Crippen LogP contribution in [0.15, 0.2) is 91.3 Å². The molecule has 0 radical (unpaired) electrons. The highest BCUT2D eigenvalue weighted by Crippen LogP contribution is 2.26. The Kier molecular flexibility index (Phi) is 8.72. The van der Waals surface area contributed by atoms with Crippen molar-refractivity contribution in [2.75, 3.05) is 31.1 Å². The number of carbonyl (C=O) groups excluding carboxylic acids is 2. The molecule has 0 saturated carbocycles. The number of anilines is 1. The highest BCUT2D eigenvalue weighted by molar-refractivity contribution is 7.89. The summed E-state index contributed by atoms with van der Waals surface area (Å²) in [6, 6.07) is 21.1. The number of hydrogen-bond donors (Lipinski definition) is 2. The first-order valence-electron chi connectivity index (χ1n) is 13.9. The number of rotatable bonds is 8. The van der Waals surface area contributed by atoms with E-state index in [4.69, 9.17) is 0 Å². The lowest BCUT2D eigenvalue weighted by Gasteiger charge is -2.36. The summed E-state index contributed by atoms with van der Waals surface area (Å²) in [6.45, 7) is 4.44. The third kappa shape index (κ3) is 7.18. The van der Waals surface area contributed by atoms with Gasteiger partial charge in [0.25, 0.3) is 11.8 Å². The summed E-state index contributed by atoms with van der Waals surface area (Å²) in [5, 5.41) is 9.97. The second-order valence-electron chi connectivity index (χ2n) is 10.3. The first-order chi connectivity index (χ1) is 20.6. The zero-order valence-corrected chi connectivity index (χ0v) is 24.4. The molecule has 4 aromatic rings. The molecule has 43 heavy (non-hydrogen) atoms. The van der Waals surface area contributed by atoms with Crippen molar-refractivity contribution in [1.29, 1.82) is 0 Å². The summed E-state index contributed by atoms with van der Waals surface area (Å²) >= 11 is 0. The van der Waals surface area contributed by atoms with Gasteiger partial charge < -0.3 is 14.9 Å². The molecule has 0 bridgehead atoms. The van der Waals surface area contributed by atoms with Gasteiger partial charge in [-0.3, -0.25) is 9.59 Å². The van der Waals surface area contributed by atoms with E-state index in [0.717, 1.165) is 5.69 Å². The van der Waals surface area contributed by atoms with Crippen LogP contribution >= 0.6 is 0 Å². The standard InChI is InChI=1S/C32H31FN4O5S/c1-2-35-20-26(18-28(38)21-35)29-13-10-25(19-30(29)33)32(40)37-16-14-36(15-17-37)27-11-8-24(9-12-27)31(39)34-43(41,42)22-23-6-4-3-5-7-23/h3-13,18-21H,2,14-17,22H2,1H3,(H-,34,38,39)/p+1. The zero-order valence-electron chi connectivity index (χ0n) is 23.6. The minimum absolute atomic E-state index is 0.0291. The van der Waals surface area contributed by atoms with Gasteiger partial charge in [0.1, 0.15) is 12.4 Å². The first-order valence-corrected chi connectivity index (χ1v) is 15.5. The number of benzene rings is 3. The van der Waals surface area contributed by atoms with E-state index in [-0.39, 0.29) is 28.5 Å². The molecule has 3 aromatic carbocycles. The molecule has 1 aliphatic rings. The van der Waals surface area contributed by atoms with Crippen LogP contribution in [0.4, 0.5) is 10.1 Å². The van der Waals surface area contributed by atoms with Crippen LogP contribution in [0.5, 0.6) is 5.75 Å². The van der Waals surface area contributed by atoms with Crippen molar-refractivity contribution in [2.24, 2.45) is 0 Å². The molecule has 1 aromatic heterocycles. The summed E-state index contributed by atoms with van der Waals surface area (Å²) in [5.41, 5.74) is 2.69. The van der Waals surface area contributed by atoms with Gasteiger partial charge in [-0.2, -0.15) is 0 Å². The molecule has 5 rings (SSSR count). The van der Waals surface area contributed by atoms with Crippen molar-refractivity contribution in [3.8, 4) is 16.9 Å². The number of halogens is 1. The van der Waals surface area contributed by atoms with Crippen molar-refractivity contribution in [3.63, 3.8) is 0 Å². The predicted octanol–water partition coefficient (Wildman–Crippen LogP) is 3.73. The highest BCUT2D eigenvalue weighted by Gasteiger charge is 2.24. The van der Waals surface area contributed by atoms with Crippen molar-refractivity contribution in [3.05, 3.63) is 114 Å². The number of piperazine rings is 1. The molecule has 2 heterocycles. The van der Waals surface area contributed by atoms with E-state index in [9.17, 15) is 23.1 Å². The second kappa shape index (κ2) is 12.6. The van der Waals surface area contributed by atoms with Crippen LogP contribution in [0.2, 0.25) is 0 Å². The fraction of sp³-hybridized carbons (Fsp3) is 0.219. The molecular formula is C32H32FN4O5S+. The maximum absolute atomic E-state index is 15.1. The van der Waals surface area contributed by atoms with Crippen molar-refractivity contribution < 1.29 is 32.1 Å². The predicted molar refractivity (Wildman–Crippen MR) is 160 cm³/mol. The lowest BCUT2D eigenvalue weighted by molar-refractivity contribution is -0.693. The fourth-order valence-electron chi connectivity index (χ4n) is 5.04. The molecular weight excluding hydrogens is 571 g/mol. The van der Waals surface area contributed by atoms with Crippen LogP contribution in [0.3, 0.4) is 0 Å². The normalized spacial score (nSPS) is 13.5. The smallest absolute Gasteiger partial charge is 0.264 e. The Morgan fingerprint density at radius 1 is 0.907 bits per heavy atom. The summed E-state index contributed by atoms with van der Waals surface area (Å²) in [7, 11) is -3.86. The molecule has 2 amide bonds. The Labute approximate surface area is 249 Å². The molecule has 222 valence electrons. The quantitative estimate of drug-likeness (QED) is 0.297. The minimum atomic E-state index is -3.86. The maximum atomic E-state index is 15.1. The topological polar surface area (TPSA) is 111 Å². The van der Waals surface area contributed by atoms with Gasteiger partial charge in [-0.05, 0) is 48.9 Å².